The first-order chi connectivity index (χ1) is 15.2. The fraction of sp³-hybridized carbons (Fsp3) is 0.364. The van der Waals surface area contributed by atoms with Gasteiger partial charge in [-0.2, -0.15) is 0 Å². The molecule has 2 heterocycles. The van der Waals surface area contributed by atoms with Crippen molar-refractivity contribution in [3.05, 3.63) is 41.2 Å². The third-order valence-electron chi connectivity index (χ3n) is 4.56. The van der Waals surface area contributed by atoms with Crippen LogP contribution in [-0.2, 0) is 16.1 Å². The number of fused-ring (bicyclic) bond motifs is 1. The lowest BCUT2D eigenvalue weighted by molar-refractivity contribution is -0.113. The summed E-state index contributed by atoms with van der Waals surface area (Å²) in [6, 6.07) is 7.80. The quantitative estimate of drug-likeness (QED) is 0.370. The summed E-state index contributed by atoms with van der Waals surface area (Å²) < 4.78 is 12.5. The summed E-state index contributed by atoms with van der Waals surface area (Å²) in [5, 5.41) is 3.26. The van der Waals surface area contributed by atoms with E-state index in [0.29, 0.717) is 11.1 Å². The minimum absolute atomic E-state index is 0.0219. The summed E-state index contributed by atoms with van der Waals surface area (Å²) in [4.78, 5) is 41.4. The summed E-state index contributed by atoms with van der Waals surface area (Å²) in [7, 11) is 0. The summed E-state index contributed by atoms with van der Waals surface area (Å²) in [6.07, 6.45) is 0. The number of carbonyl (C=O) groups is 3. The topological polar surface area (TPSA) is 129 Å². The van der Waals surface area contributed by atoms with Crippen LogP contribution in [0.5, 0.6) is 0 Å². The molecule has 2 aromatic heterocycles. The highest BCUT2D eigenvalue weighted by atomic mass is 32.2. The van der Waals surface area contributed by atoms with Crippen LogP contribution in [0.2, 0.25) is 0 Å². The molecule has 0 atom stereocenters. The number of nitrogens with zero attached hydrogens (tertiary/aromatic N) is 2. The number of carbonyl (C=O) groups excluding carboxylic acids is 3. The molecular weight excluding hydrogens is 432 g/mol. The van der Waals surface area contributed by atoms with Crippen LogP contribution in [-0.4, -0.2) is 39.7 Å². The number of esters is 1. The molecule has 3 N–H and O–H groups in total. The zero-order valence-corrected chi connectivity index (χ0v) is 19.2. The number of nitrogens with one attached hydrogen (secondary N) is 1. The van der Waals surface area contributed by atoms with Gasteiger partial charge in [0, 0.05) is 6.54 Å². The monoisotopic (exact) mass is 458 g/mol. The molecule has 0 bridgehead atoms. The molecular formula is C22H26N4O5S. The van der Waals surface area contributed by atoms with Crippen molar-refractivity contribution in [2.24, 2.45) is 11.7 Å². The van der Waals surface area contributed by atoms with Gasteiger partial charge >= 0.3 is 5.97 Å². The first-order valence-electron chi connectivity index (χ1n) is 10.2. The van der Waals surface area contributed by atoms with Crippen LogP contribution in [0, 0.1) is 12.8 Å². The lowest BCUT2D eigenvalue weighted by Crippen LogP contribution is -2.21. The van der Waals surface area contributed by atoms with E-state index in [1.807, 2.05) is 24.3 Å². The highest BCUT2D eigenvalue weighted by Crippen LogP contribution is 2.29. The second-order valence-corrected chi connectivity index (χ2v) is 8.49. The summed E-state index contributed by atoms with van der Waals surface area (Å²) in [5.74, 6) is -1.67. The van der Waals surface area contributed by atoms with Crippen molar-refractivity contribution in [3.63, 3.8) is 0 Å². The van der Waals surface area contributed by atoms with E-state index >= 15 is 0 Å². The number of thioether (sulfide) groups is 1. The number of imidazole rings is 1. The molecule has 0 aliphatic carbocycles. The second-order valence-electron chi connectivity index (χ2n) is 7.55. The van der Waals surface area contributed by atoms with E-state index in [9.17, 15) is 14.4 Å². The number of benzene rings is 1. The van der Waals surface area contributed by atoms with Crippen molar-refractivity contribution in [2.75, 3.05) is 17.7 Å². The number of anilines is 1. The van der Waals surface area contributed by atoms with Gasteiger partial charge in [-0.15, -0.1) is 0 Å². The van der Waals surface area contributed by atoms with Crippen LogP contribution < -0.4 is 11.1 Å². The highest BCUT2D eigenvalue weighted by molar-refractivity contribution is 7.99. The number of primary amides is 1. The van der Waals surface area contributed by atoms with Crippen LogP contribution >= 0.6 is 11.8 Å². The molecule has 0 fully saturated rings. The maximum Gasteiger partial charge on any atom is 0.342 e. The number of ether oxygens (including phenoxy) is 1. The lowest BCUT2D eigenvalue weighted by Gasteiger charge is -2.11. The molecule has 2 amide bonds. The highest BCUT2D eigenvalue weighted by Gasteiger charge is 2.29. The number of furan rings is 1. The Bertz CT molecular complexity index is 1160. The standard InChI is InChI=1S/C22H26N4O5S/c1-5-30-21(29)17-13(4)31-20(18(17)19(23)28)25-16(27)11-32-22-24-14-8-6-7-9-15(14)26(22)10-12(2)3/h6-9,12H,5,10-11H2,1-4H3,(H2,23,28)(H,25,27). The van der Waals surface area contributed by atoms with E-state index in [0.717, 1.165) is 17.6 Å². The Morgan fingerprint density at radius 2 is 1.97 bits per heavy atom. The van der Waals surface area contributed by atoms with Crippen molar-refractivity contribution in [2.45, 2.75) is 39.4 Å². The molecule has 1 aromatic carbocycles. The first kappa shape index (κ1) is 23.4. The summed E-state index contributed by atoms with van der Waals surface area (Å²) in [6.45, 7) is 8.25. The van der Waals surface area contributed by atoms with Crippen LogP contribution in [0.3, 0.4) is 0 Å². The second kappa shape index (κ2) is 9.90. The Kier molecular flexibility index (Phi) is 7.24. The van der Waals surface area contributed by atoms with Gasteiger partial charge in [0.15, 0.2) is 5.16 Å². The third kappa shape index (κ3) is 4.96. The minimum Gasteiger partial charge on any atom is -0.462 e. The van der Waals surface area contributed by atoms with Gasteiger partial charge in [0.2, 0.25) is 11.8 Å². The molecule has 32 heavy (non-hydrogen) atoms. The number of nitrogens with two attached hydrogens (primary N) is 1. The van der Waals surface area contributed by atoms with Crippen LogP contribution in [0.25, 0.3) is 11.0 Å². The van der Waals surface area contributed by atoms with Crippen molar-refractivity contribution in [1.29, 1.82) is 0 Å². The molecule has 9 nitrogen and oxygen atoms in total. The number of amides is 2. The van der Waals surface area contributed by atoms with Gasteiger partial charge in [0.05, 0.1) is 23.4 Å². The van der Waals surface area contributed by atoms with E-state index in [-0.39, 0.29) is 35.1 Å². The molecule has 0 aliphatic heterocycles. The van der Waals surface area contributed by atoms with Gasteiger partial charge < -0.3 is 19.5 Å². The number of hydrogen-bond donors (Lipinski definition) is 2. The van der Waals surface area contributed by atoms with E-state index < -0.39 is 17.8 Å². The number of para-hydroxylation sites is 2. The Balaban J connectivity index is 1.80. The Morgan fingerprint density at radius 1 is 1.25 bits per heavy atom. The van der Waals surface area contributed by atoms with Crippen molar-refractivity contribution >= 4 is 46.5 Å². The van der Waals surface area contributed by atoms with E-state index in [2.05, 4.69) is 28.7 Å². The molecule has 0 radical (unpaired) electrons. The Labute approximate surface area is 189 Å². The lowest BCUT2D eigenvalue weighted by atomic mass is 10.1. The van der Waals surface area contributed by atoms with Gasteiger partial charge in [0.1, 0.15) is 16.9 Å². The predicted molar refractivity (Wildman–Crippen MR) is 122 cm³/mol. The van der Waals surface area contributed by atoms with Gasteiger partial charge in [0.25, 0.3) is 5.91 Å². The molecule has 0 saturated carbocycles. The molecule has 10 heteroatoms. The van der Waals surface area contributed by atoms with Gasteiger partial charge in [-0.05, 0) is 31.9 Å². The van der Waals surface area contributed by atoms with Gasteiger partial charge in [-0.3, -0.25) is 14.9 Å². The van der Waals surface area contributed by atoms with E-state index in [1.165, 1.54) is 18.7 Å². The maximum absolute atomic E-state index is 12.6. The third-order valence-corrected chi connectivity index (χ3v) is 5.54. The van der Waals surface area contributed by atoms with Crippen molar-refractivity contribution in [3.8, 4) is 0 Å². The predicted octanol–water partition coefficient (Wildman–Crippen LogP) is 3.60. The van der Waals surface area contributed by atoms with Crippen molar-refractivity contribution in [1.82, 2.24) is 9.55 Å². The molecule has 170 valence electrons. The number of hydrogen-bond acceptors (Lipinski definition) is 7. The number of aryl methyl sites for hydroxylation is 1. The zero-order chi connectivity index (χ0) is 23.4. The Morgan fingerprint density at radius 3 is 2.62 bits per heavy atom. The summed E-state index contributed by atoms with van der Waals surface area (Å²) >= 11 is 1.27. The maximum atomic E-state index is 12.6. The van der Waals surface area contributed by atoms with E-state index in [4.69, 9.17) is 14.9 Å². The van der Waals surface area contributed by atoms with Gasteiger partial charge in [-0.1, -0.05) is 37.7 Å². The normalized spacial score (nSPS) is 11.2. The fourth-order valence-corrected chi connectivity index (χ4v) is 4.14. The molecule has 0 spiro atoms. The molecule has 3 aromatic rings. The van der Waals surface area contributed by atoms with Crippen LogP contribution in [0.15, 0.2) is 33.8 Å². The van der Waals surface area contributed by atoms with Gasteiger partial charge in [-0.25, -0.2) is 9.78 Å². The average molecular weight is 459 g/mol. The smallest absolute Gasteiger partial charge is 0.342 e. The zero-order valence-electron chi connectivity index (χ0n) is 18.4. The minimum atomic E-state index is -0.897. The molecule has 0 aliphatic rings. The SMILES string of the molecule is CCOC(=O)c1c(C)oc(NC(=O)CSc2nc3ccccc3n2CC(C)C)c1C(N)=O. The first-order valence-corrected chi connectivity index (χ1v) is 11.2. The average Bonchev–Trinajstić information content (AvgIpc) is 3.23. The molecule has 0 unspecified atom stereocenters. The van der Waals surface area contributed by atoms with Crippen molar-refractivity contribution < 1.29 is 23.5 Å². The fourth-order valence-electron chi connectivity index (χ4n) is 3.31. The molecule has 3 rings (SSSR count). The Hall–Kier alpha value is -3.27. The van der Waals surface area contributed by atoms with E-state index in [1.54, 1.807) is 6.92 Å². The number of rotatable bonds is 9. The molecule has 0 saturated heterocycles. The van der Waals surface area contributed by atoms with Crippen LogP contribution in [0.4, 0.5) is 5.88 Å². The summed E-state index contributed by atoms with van der Waals surface area (Å²) in [5.41, 5.74) is 7.01. The largest absolute Gasteiger partial charge is 0.462 e. The number of aromatic nitrogens is 2. The van der Waals surface area contributed by atoms with Crippen LogP contribution in [0.1, 0.15) is 47.2 Å².